The topological polar surface area (TPSA) is 121 Å². The molecule has 2 aromatic carbocycles. The molecular formula is C26H26N6O3S3. The molecule has 1 aliphatic heterocycles. The van der Waals surface area contributed by atoms with Crippen LogP contribution in [0, 0.1) is 0 Å². The summed E-state index contributed by atoms with van der Waals surface area (Å²) in [5, 5.41) is 7.53. The first kappa shape index (κ1) is 26.0. The molecule has 0 radical (unpaired) electrons. The van der Waals surface area contributed by atoms with Crippen LogP contribution in [-0.2, 0) is 10.0 Å². The second-order valence-corrected chi connectivity index (χ2v) is 12.4. The first-order valence-electron chi connectivity index (χ1n) is 11.9. The molecule has 0 bridgehead atoms. The number of para-hydroxylation sites is 2. The monoisotopic (exact) mass is 566 g/mol. The number of hydrogen-bond donors (Lipinski definition) is 2. The Morgan fingerprint density at radius 2 is 1.74 bits per heavy atom. The van der Waals surface area contributed by atoms with Crippen molar-refractivity contribution in [2.75, 3.05) is 36.4 Å². The number of carbonyl (C=O) groups excluding carboxylic acids is 1. The normalized spacial score (nSPS) is 15.0. The number of nitrogens with two attached hydrogens (primary N) is 1. The number of aromatic nitrogens is 1. The molecule has 12 heteroatoms. The molecule has 0 unspecified atom stereocenters. The van der Waals surface area contributed by atoms with Crippen molar-refractivity contribution >= 4 is 61.5 Å². The van der Waals surface area contributed by atoms with Crippen molar-refractivity contribution in [1.82, 2.24) is 9.29 Å². The smallest absolute Gasteiger partial charge is 0.275 e. The first-order chi connectivity index (χ1) is 18.3. The maximum atomic E-state index is 13.2. The number of benzene rings is 2. The van der Waals surface area contributed by atoms with Gasteiger partial charge in [0, 0.05) is 31.6 Å². The van der Waals surface area contributed by atoms with E-state index in [-0.39, 0.29) is 10.8 Å². The van der Waals surface area contributed by atoms with Crippen molar-refractivity contribution in [3.63, 3.8) is 0 Å². The minimum Gasteiger partial charge on any atom is -0.387 e. The third-order valence-corrected chi connectivity index (χ3v) is 9.77. The Balaban J connectivity index is 1.26. The number of sulfonamides is 1. The summed E-state index contributed by atoms with van der Waals surface area (Å²) in [4.78, 5) is 24.9. The second kappa shape index (κ2) is 11.0. The summed E-state index contributed by atoms with van der Waals surface area (Å²) in [6.07, 6.45) is 0. The van der Waals surface area contributed by atoms with Crippen molar-refractivity contribution in [3.05, 3.63) is 77.1 Å². The number of aliphatic imine (C=N–C) groups is 1. The van der Waals surface area contributed by atoms with Crippen LogP contribution in [0.1, 0.15) is 17.4 Å². The lowest BCUT2D eigenvalue weighted by Gasteiger charge is -2.36. The molecule has 9 nitrogen and oxygen atoms in total. The maximum Gasteiger partial charge on any atom is 0.275 e. The van der Waals surface area contributed by atoms with E-state index in [1.807, 2.05) is 41.8 Å². The molecule has 0 spiro atoms. The molecular weight excluding hydrogens is 541 g/mol. The fourth-order valence-corrected chi connectivity index (χ4v) is 7.18. The molecule has 3 heterocycles. The molecule has 2 aromatic heterocycles. The van der Waals surface area contributed by atoms with Gasteiger partial charge in [0.25, 0.3) is 5.91 Å². The Morgan fingerprint density at radius 3 is 2.42 bits per heavy atom. The van der Waals surface area contributed by atoms with Crippen molar-refractivity contribution in [3.8, 4) is 9.88 Å². The highest BCUT2D eigenvalue weighted by molar-refractivity contribution is 7.89. The highest BCUT2D eigenvalue weighted by Gasteiger charge is 2.29. The van der Waals surface area contributed by atoms with Gasteiger partial charge >= 0.3 is 0 Å². The number of amidine groups is 1. The summed E-state index contributed by atoms with van der Waals surface area (Å²) in [5.74, 6) is 0.123. The summed E-state index contributed by atoms with van der Waals surface area (Å²) >= 11 is 3.02. The number of anilines is 2. The Labute approximate surface area is 229 Å². The van der Waals surface area contributed by atoms with Gasteiger partial charge < -0.3 is 16.0 Å². The number of rotatable bonds is 7. The van der Waals surface area contributed by atoms with E-state index in [4.69, 9.17) is 5.73 Å². The van der Waals surface area contributed by atoms with E-state index in [1.54, 1.807) is 47.9 Å². The SMILES string of the molecule is CC(N)=Nc1ccc(S(=O)(=O)N2CCN(c3ccccc3NC(=O)c3csc(-c4cccs4)n3)CC2)cc1. The molecule has 5 rings (SSSR count). The zero-order valence-corrected chi connectivity index (χ0v) is 23.0. The third kappa shape index (κ3) is 5.63. The average Bonchev–Trinajstić information content (AvgIpc) is 3.62. The van der Waals surface area contributed by atoms with Crippen LogP contribution >= 0.6 is 22.7 Å². The van der Waals surface area contributed by atoms with E-state index in [0.717, 1.165) is 15.6 Å². The number of thiophene rings is 1. The van der Waals surface area contributed by atoms with Crippen LogP contribution < -0.4 is 16.0 Å². The Kier molecular flexibility index (Phi) is 7.56. The van der Waals surface area contributed by atoms with E-state index in [0.29, 0.717) is 49.1 Å². The van der Waals surface area contributed by atoms with Gasteiger partial charge in [-0.05, 0) is 54.8 Å². The maximum absolute atomic E-state index is 13.2. The second-order valence-electron chi connectivity index (χ2n) is 8.62. The van der Waals surface area contributed by atoms with E-state index in [9.17, 15) is 13.2 Å². The van der Waals surface area contributed by atoms with Crippen LogP contribution in [-0.4, -0.2) is 55.6 Å². The van der Waals surface area contributed by atoms with Crippen LogP contribution in [0.15, 0.2) is 81.3 Å². The van der Waals surface area contributed by atoms with Gasteiger partial charge in [-0.3, -0.25) is 4.79 Å². The highest BCUT2D eigenvalue weighted by Crippen LogP contribution is 2.31. The standard InChI is InChI=1S/C26H26N6O3S3/c1-18(27)28-19-8-10-20(11-9-19)38(34,35)32-14-12-31(13-15-32)23-6-3-2-5-21(23)29-25(33)22-17-37-26(30-22)24-7-4-16-36-24/h2-11,16-17H,12-15H2,1H3,(H2,27,28)(H,29,33). The molecule has 4 aromatic rings. The highest BCUT2D eigenvalue weighted by atomic mass is 32.2. The largest absolute Gasteiger partial charge is 0.387 e. The minimum absolute atomic E-state index is 0.220. The molecule has 196 valence electrons. The minimum atomic E-state index is -3.64. The van der Waals surface area contributed by atoms with Crippen molar-refractivity contribution in [1.29, 1.82) is 0 Å². The summed E-state index contributed by atoms with van der Waals surface area (Å²) in [6.45, 7) is 3.29. The molecule has 1 aliphatic rings. The Bertz CT molecular complexity index is 1550. The van der Waals surface area contributed by atoms with Gasteiger partial charge in [-0.2, -0.15) is 4.31 Å². The van der Waals surface area contributed by atoms with Crippen LogP contribution in [0.5, 0.6) is 0 Å². The summed E-state index contributed by atoms with van der Waals surface area (Å²) in [6, 6.07) is 17.9. The number of nitrogens with zero attached hydrogens (tertiary/aromatic N) is 4. The number of thiazole rings is 1. The lowest BCUT2D eigenvalue weighted by atomic mass is 10.2. The summed E-state index contributed by atoms with van der Waals surface area (Å²) in [7, 11) is -3.64. The number of carbonyl (C=O) groups is 1. The quantitative estimate of drug-likeness (QED) is 0.248. The van der Waals surface area contributed by atoms with E-state index in [1.165, 1.54) is 15.6 Å². The van der Waals surface area contributed by atoms with Crippen LogP contribution in [0.25, 0.3) is 9.88 Å². The lowest BCUT2D eigenvalue weighted by Crippen LogP contribution is -2.48. The zero-order valence-electron chi connectivity index (χ0n) is 20.6. The molecule has 3 N–H and O–H groups in total. The molecule has 1 fully saturated rings. The molecule has 1 amide bonds. The first-order valence-corrected chi connectivity index (χ1v) is 15.1. The number of hydrogen-bond acceptors (Lipinski definition) is 8. The van der Waals surface area contributed by atoms with Gasteiger partial charge in [-0.25, -0.2) is 18.4 Å². The van der Waals surface area contributed by atoms with Crippen LogP contribution in [0.2, 0.25) is 0 Å². The molecule has 0 saturated carbocycles. The lowest BCUT2D eigenvalue weighted by molar-refractivity contribution is 0.102. The van der Waals surface area contributed by atoms with Gasteiger partial charge in [0.05, 0.1) is 32.7 Å². The predicted octanol–water partition coefficient (Wildman–Crippen LogP) is 4.64. The van der Waals surface area contributed by atoms with E-state index in [2.05, 4.69) is 20.2 Å². The zero-order chi connectivity index (χ0) is 26.7. The van der Waals surface area contributed by atoms with Crippen LogP contribution in [0.4, 0.5) is 17.1 Å². The van der Waals surface area contributed by atoms with Gasteiger partial charge in [0.2, 0.25) is 10.0 Å². The molecule has 1 saturated heterocycles. The van der Waals surface area contributed by atoms with Crippen molar-refractivity contribution < 1.29 is 13.2 Å². The van der Waals surface area contributed by atoms with E-state index >= 15 is 0 Å². The fraction of sp³-hybridized carbons (Fsp3) is 0.192. The number of piperazine rings is 1. The van der Waals surface area contributed by atoms with Crippen molar-refractivity contribution in [2.45, 2.75) is 11.8 Å². The Morgan fingerprint density at radius 1 is 1.00 bits per heavy atom. The molecule has 0 atom stereocenters. The van der Waals surface area contributed by atoms with Crippen molar-refractivity contribution in [2.24, 2.45) is 10.7 Å². The molecule has 38 heavy (non-hydrogen) atoms. The van der Waals surface area contributed by atoms with Gasteiger partial charge in [0.15, 0.2) is 0 Å². The van der Waals surface area contributed by atoms with Crippen LogP contribution in [0.3, 0.4) is 0 Å². The van der Waals surface area contributed by atoms with Gasteiger partial charge in [-0.1, -0.05) is 18.2 Å². The predicted molar refractivity (Wildman–Crippen MR) is 154 cm³/mol. The van der Waals surface area contributed by atoms with Gasteiger partial charge in [-0.15, -0.1) is 22.7 Å². The summed E-state index contributed by atoms with van der Waals surface area (Å²) in [5.41, 5.74) is 8.07. The van der Waals surface area contributed by atoms with E-state index < -0.39 is 10.0 Å². The van der Waals surface area contributed by atoms with Gasteiger partial charge in [0.1, 0.15) is 10.7 Å². The summed E-state index contributed by atoms with van der Waals surface area (Å²) < 4.78 is 27.9. The molecule has 0 aliphatic carbocycles. The average molecular weight is 567 g/mol. The number of nitrogens with one attached hydrogen (secondary N) is 1. The number of amides is 1. The third-order valence-electron chi connectivity index (χ3n) is 5.98. The fourth-order valence-electron chi connectivity index (χ4n) is 4.15. The Hall–Kier alpha value is -3.58.